The Morgan fingerprint density at radius 2 is 1.80 bits per heavy atom. The predicted octanol–water partition coefficient (Wildman–Crippen LogP) is 0.205. The summed E-state index contributed by atoms with van der Waals surface area (Å²) in [4.78, 5) is 22.1. The van der Waals surface area contributed by atoms with Crippen LogP contribution in [0.5, 0.6) is 0 Å². The molecule has 10 heteroatoms. The van der Waals surface area contributed by atoms with Gasteiger partial charge in [-0.3, -0.25) is 0 Å². The Bertz CT molecular complexity index is 748. The van der Waals surface area contributed by atoms with Crippen molar-refractivity contribution in [3.05, 3.63) is 48.0 Å². The highest BCUT2D eigenvalue weighted by molar-refractivity contribution is 6.27. The summed E-state index contributed by atoms with van der Waals surface area (Å²) in [5.74, 6) is -4.49. The van der Waals surface area contributed by atoms with Crippen LogP contribution in [0.1, 0.15) is 11.1 Å². The van der Waals surface area contributed by atoms with Gasteiger partial charge in [0.15, 0.2) is 0 Å². The lowest BCUT2D eigenvalue weighted by Crippen LogP contribution is -2.33. The second kappa shape index (κ2) is 8.00. The van der Waals surface area contributed by atoms with Crippen molar-refractivity contribution in [3.63, 3.8) is 0 Å². The van der Waals surface area contributed by atoms with Gasteiger partial charge in [0, 0.05) is 5.56 Å². The van der Waals surface area contributed by atoms with E-state index in [-0.39, 0.29) is 0 Å². The van der Waals surface area contributed by atoms with Crippen LogP contribution in [0.4, 0.5) is 0 Å². The molecule has 1 aromatic carbocycles. The van der Waals surface area contributed by atoms with Gasteiger partial charge in [-0.1, -0.05) is 12.1 Å². The molecule has 0 atom stereocenters. The van der Waals surface area contributed by atoms with Crippen LogP contribution in [-0.4, -0.2) is 50.1 Å². The van der Waals surface area contributed by atoms with E-state index in [9.17, 15) is 0 Å². The lowest BCUT2D eigenvalue weighted by molar-refractivity contribution is -0.177. The van der Waals surface area contributed by atoms with Crippen LogP contribution in [0.2, 0.25) is 0 Å². The molecule has 0 aliphatic carbocycles. The molecule has 0 spiro atoms. The standard InChI is InChI=1S/C13H12N4O2.C2H2O4/c14-7-11-1-3-12(4-2-11)13(18-5-6-19-13)8-17-10-15-9-16-17;3-1(4)2(5)6/h1-4,9-10H,5-6,8H2;(H,3,4)(H,5,6). The molecule has 0 unspecified atom stereocenters. The molecule has 2 heterocycles. The first-order valence-corrected chi connectivity index (χ1v) is 7.04. The fraction of sp³-hybridized carbons (Fsp3) is 0.267. The number of nitriles is 1. The maximum atomic E-state index is 9.10. The number of nitrogens with zero attached hydrogens (tertiary/aromatic N) is 4. The molecule has 130 valence electrons. The molecule has 1 aliphatic heterocycles. The molecule has 10 nitrogen and oxygen atoms in total. The zero-order valence-corrected chi connectivity index (χ0v) is 12.9. The largest absolute Gasteiger partial charge is 0.473 e. The topological polar surface area (TPSA) is 148 Å². The van der Waals surface area contributed by atoms with Crippen molar-refractivity contribution in [1.29, 1.82) is 5.26 Å². The van der Waals surface area contributed by atoms with Gasteiger partial charge in [-0.25, -0.2) is 19.3 Å². The first-order valence-electron chi connectivity index (χ1n) is 7.04. The molecule has 2 N–H and O–H groups in total. The normalized spacial score (nSPS) is 14.8. The number of aromatic nitrogens is 3. The van der Waals surface area contributed by atoms with E-state index in [0.29, 0.717) is 25.3 Å². The molecular weight excluding hydrogens is 332 g/mol. The number of carbonyl (C=O) groups is 2. The van der Waals surface area contributed by atoms with Crippen molar-refractivity contribution in [2.75, 3.05) is 13.2 Å². The Morgan fingerprint density at radius 1 is 1.20 bits per heavy atom. The Morgan fingerprint density at radius 3 is 2.24 bits per heavy atom. The van der Waals surface area contributed by atoms with E-state index >= 15 is 0 Å². The number of ether oxygens (including phenoxy) is 2. The van der Waals surface area contributed by atoms with Crippen molar-refractivity contribution in [2.24, 2.45) is 0 Å². The van der Waals surface area contributed by atoms with Crippen LogP contribution in [-0.2, 0) is 31.4 Å². The third-order valence-corrected chi connectivity index (χ3v) is 3.23. The highest BCUT2D eigenvalue weighted by Crippen LogP contribution is 2.33. The van der Waals surface area contributed by atoms with Gasteiger partial charge in [0.05, 0.1) is 24.8 Å². The molecule has 0 bridgehead atoms. The Hall–Kier alpha value is -3.29. The third-order valence-electron chi connectivity index (χ3n) is 3.23. The predicted molar refractivity (Wildman–Crippen MR) is 80.0 cm³/mol. The fourth-order valence-electron chi connectivity index (χ4n) is 2.13. The van der Waals surface area contributed by atoms with Crippen LogP contribution < -0.4 is 0 Å². The van der Waals surface area contributed by atoms with Crippen molar-refractivity contribution in [3.8, 4) is 6.07 Å². The Labute approximate surface area is 141 Å². The summed E-state index contributed by atoms with van der Waals surface area (Å²) in [5.41, 5.74) is 1.48. The minimum atomic E-state index is -1.82. The minimum Gasteiger partial charge on any atom is -0.473 e. The summed E-state index contributed by atoms with van der Waals surface area (Å²) < 4.78 is 13.2. The number of rotatable bonds is 3. The van der Waals surface area contributed by atoms with Crippen molar-refractivity contribution < 1.29 is 29.3 Å². The van der Waals surface area contributed by atoms with Gasteiger partial charge in [0.25, 0.3) is 0 Å². The van der Waals surface area contributed by atoms with Gasteiger partial charge in [-0.15, -0.1) is 0 Å². The third kappa shape index (κ3) is 4.60. The second-order valence-corrected chi connectivity index (χ2v) is 4.84. The fourth-order valence-corrected chi connectivity index (χ4v) is 2.13. The summed E-state index contributed by atoms with van der Waals surface area (Å²) in [6, 6.07) is 9.30. The van der Waals surface area contributed by atoms with Gasteiger partial charge in [0.1, 0.15) is 19.2 Å². The van der Waals surface area contributed by atoms with Gasteiger partial charge < -0.3 is 19.7 Å². The average Bonchev–Trinajstić information content (AvgIpc) is 3.28. The maximum absolute atomic E-state index is 9.10. The Kier molecular flexibility index (Phi) is 5.78. The van der Waals surface area contributed by atoms with Gasteiger partial charge in [-0.05, 0) is 12.1 Å². The average molecular weight is 346 g/mol. The van der Waals surface area contributed by atoms with E-state index in [1.807, 2.05) is 12.1 Å². The smallest absolute Gasteiger partial charge is 0.414 e. The van der Waals surface area contributed by atoms with Crippen molar-refractivity contribution in [2.45, 2.75) is 12.3 Å². The molecule has 0 amide bonds. The van der Waals surface area contributed by atoms with E-state index in [0.717, 1.165) is 5.56 Å². The van der Waals surface area contributed by atoms with Crippen LogP contribution >= 0.6 is 0 Å². The molecule has 1 fully saturated rings. The molecule has 0 saturated carbocycles. The molecule has 3 rings (SSSR count). The molecular formula is C15H14N4O6. The zero-order chi connectivity index (χ0) is 18.3. The van der Waals surface area contributed by atoms with E-state index in [1.54, 1.807) is 23.1 Å². The van der Waals surface area contributed by atoms with Gasteiger partial charge in [-0.2, -0.15) is 10.4 Å². The quantitative estimate of drug-likeness (QED) is 0.744. The van der Waals surface area contributed by atoms with Gasteiger partial charge in [0.2, 0.25) is 5.79 Å². The van der Waals surface area contributed by atoms with Gasteiger partial charge >= 0.3 is 11.9 Å². The number of hydrogen-bond acceptors (Lipinski definition) is 7. The number of carboxylic acid groups (broad SMARTS) is 2. The van der Waals surface area contributed by atoms with E-state index in [2.05, 4.69) is 16.2 Å². The summed E-state index contributed by atoms with van der Waals surface area (Å²) in [6.45, 7) is 1.50. The SMILES string of the molecule is N#Cc1ccc(C2(Cn3cncn3)OCCO2)cc1.O=C(O)C(=O)O. The molecule has 1 aliphatic rings. The van der Waals surface area contributed by atoms with E-state index in [1.165, 1.54) is 6.33 Å². The summed E-state index contributed by atoms with van der Waals surface area (Å²) in [6.07, 6.45) is 3.10. The molecule has 25 heavy (non-hydrogen) atoms. The van der Waals surface area contributed by atoms with Crippen LogP contribution in [0.3, 0.4) is 0 Å². The first kappa shape index (κ1) is 18.1. The molecule has 1 saturated heterocycles. The number of carboxylic acids is 2. The Balaban J connectivity index is 0.000000326. The molecule has 2 aromatic rings. The monoisotopic (exact) mass is 346 g/mol. The van der Waals surface area contributed by atoms with Crippen molar-refractivity contribution >= 4 is 11.9 Å². The van der Waals surface area contributed by atoms with Crippen LogP contribution in [0, 0.1) is 11.3 Å². The number of aliphatic carboxylic acids is 2. The summed E-state index contributed by atoms with van der Waals surface area (Å²) in [5, 5.41) is 27.7. The maximum Gasteiger partial charge on any atom is 0.414 e. The van der Waals surface area contributed by atoms with Crippen molar-refractivity contribution in [1.82, 2.24) is 14.8 Å². The van der Waals surface area contributed by atoms with E-state index in [4.69, 9.17) is 34.5 Å². The van der Waals surface area contributed by atoms with Crippen LogP contribution in [0.15, 0.2) is 36.9 Å². The highest BCUT2D eigenvalue weighted by Gasteiger charge is 2.39. The zero-order valence-electron chi connectivity index (χ0n) is 12.9. The lowest BCUT2D eigenvalue weighted by atomic mass is 10.0. The summed E-state index contributed by atoms with van der Waals surface area (Å²) >= 11 is 0. The molecule has 1 aromatic heterocycles. The van der Waals surface area contributed by atoms with Crippen LogP contribution in [0.25, 0.3) is 0 Å². The second-order valence-electron chi connectivity index (χ2n) is 4.84. The molecule has 0 radical (unpaired) electrons. The van der Waals surface area contributed by atoms with E-state index < -0.39 is 17.7 Å². The number of hydrogen-bond donors (Lipinski definition) is 2. The lowest BCUT2D eigenvalue weighted by Gasteiger charge is -2.27. The summed E-state index contributed by atoms with van der Waals surface area (Å²) in [7, 11) is 0. The first-order chi connectivity index (χ1) is 12.0. The highest BCUT2D eigenvalue weighted by atomic mass is 16.7. The minimum absolute atomic E-state index is 0.429. The number of benzene rings is 1.